The summed E-state index contributed by atoms with van der Waals surface area (Å²) in [5.41, 5.74) is 7.26. The second kappa shape index (κ2) is 7.96. The SMILES string of the molecule is COc1ccc(/C=C\C(N)=O)cc1COc1cc(C)ccc1[N+](=O)[O-]. The van der Waals surface area contributed by atoms with E-state index in [0.29, 0.717) is 11.3 Å². The maximum atomic E-state index is 11.1. The second-order valence-electron chi connectivity index (χ2n) is 5.32. The minimum Gasteiger partial charge on any atom is -0.496 e. The topological polar surface area (TPSA) is 105 Å². The molecule has 0 radical (unpaired) electrons. The predicted octanol–water partition coefficient (Wildman–Crippen LogP) is 2.99. The molecule has 2 aromatic carbocycles. The van der Waals surface area contributed by atoms with Crippen LogP contribution in [0.4, 0.5) is 5.69 Å². The molecule has 0 atom stereocenters. The van der Waals surface area contributed by atoms with Crippen molar-refractivity contribution in [1.82, 2.24) is 0 Å². The van der Waals surface area contributed by atoms with E-state index in [1.54, 1.807) is 36.4 Å². The number of carbonyl (C=O) groups excluding carboxylic acids is 1. The van der Waals surface area contributed by atoms with E-state index in [9.17, 15) is 14.9 Å². The molecule has 0 spiro atoms. The van der Waals surface area contributed by atoms with E-state index in [4.69, 9.17) is 15.2 Å². The Morgan fingerprint density at radius 1 is 1.24 bits per heavy atom. The first-order valence-electron chi connectivity index (χ1n) is 7.43. The number of amides is 1. The first kappa shape index (κ1) is 18.0. The summed E-state index contributed by atoms with van der Waals surface area (Å²) in [6.45, 7) is 1.90. The van der Waals surface area contributed by atoms with E-state index in [1.807, 2.05) is 6.92 Å². The zero-order valence-corrected chi connectivity index (χ0v) is 13.9. The standard InChI is InChI=1S/C18H18N2O5/c1-12-3-6-15(20(22)23)17(9-12)25-11-14-10-13(5-8-18(19)21)4-7-16(14)24-2/h3-10H,11H2,1-2H3,(H2,19,21)/b8-5-. The molecular formula is C18H18N2O5. The van der Waals surface area contributed by atoms with E-state index in [1.165, 1.54) is 19.3 Å². The number of carbonyl (C=O) groups is 1. The van der Waals surface area contributed by atoms with Gasteiger partial charge in [0.2, 0.25) is 5.91 Å². The molecule has 0 saturated heterocycles. The molecule has 2 aromatic rings. The van der Waals surface area contributed by atoms with Gasteiger partial charge < -0.3 is 15.2 Å². The van der Waals surface area contributed by atoms with Crippen LogP contribution >= 0.6 is 0 Å². The van der Waals surface area contributed by atoms with Crippen molar-refractivity contribution < 1.29 is 19.2 Å². The lowest BCUT2D eigenvalue weighted by Crippen LogP contribution is -2.05. The van der Waals surface area contributed by atoms with Crippen LogP contribution in [-0.2, 0) is 11.4 Å². The first-order valence-corrected chi connectivity index (χ1v) is 7.43. The summed E-state index contributed by atoms with van der Waals surface area (Å²) in [6.07, 6.45) is 2.82. The number of benzene rings is 2. The number of primary amides is 1. The summed E-state index contributed by atoms with van der Waals surface area (Å²) in [5.74, 6) is 0.209. The van der Waals surface area contributed by atoms with Gasteiger partial charge in [-0.1, -0.05) is 12.1 Å². The lowest BCUT2D eigenvalue weighted by molar-refractivity contribution is -0.386. The number of ether oxygens (including phenoxy) is 2. The van der Waals surface area contributed by atoms with Gasteiger partial charge in [-0.3, -0.25) is 14.9 Å². The summed E-state index contributed by atoms with van der Waals surface area (Å²) < 4.78 is 10.9. The van der Waals surface area contributed by atoms with Crippen molar-refractivity contribution in [2.24, 2.45) is 5.73 Å². The molecule has 0 fully saturated rings. The minimum absolute atomic E-state index is 0.0751. The van der Waals surface area contributed by atoms with Crippen molar-refractivity contribution in [3.05, 3.63) is 69.3 Å². The van der Waals surface area contributed by atoms with Crippen LogP contribution in [0.15, 0.2) is 42.5 Å². The molecular weight excluding hydrogens is 324 g/mol. The molecule has 0 aliphatic rings. The third-order valence-electron chi connectivity index (χ3n) is 3.44. The fourth-order valence-electron chi connectivity index (χ4n) is 2.24. The van der Waals surface area contributed by atoms with Crippen LogP contribution < -0.4 is 15.2 Å². The van der Waals surface area contributed by atoms with Crippen molar-refractivity contribution in [2.45, 2.75) is 13.5 Å². The number of rotatable bonds is 7. The lowest BCUT2D eigenvalue weighted by atomic mass is 10.1. The van der Waals surface area contributed by atoms with Gasteiger partial charge in [0.25, 0.3) is 0 Å². The van der Waals surface area contributed by atoms with Crippen LogP contribution in [0, 0.1) is 17.0 Å². The molecule has 0 unspecified atom stereocenters. The predicted molar refractivity (Wildman–Crippen MR) is 93.4 cm³/mol. The number of nitro benzene ring substituents is 1. The zero-order chi connectivity index (χ0) is 18.4. The van der Waals surface area contributed by atoms with E-state index >= 15 is 0 Å². The normalized spacial score (nSPS) is 10.6. The summed E-state index contributed by atoms with van der Waals surface area (Å²) in [5, 5.41) is 11.1. The first-order chi connectivity index (χ1) is 11.9. The maximum Gasteiger partial charge on any atom is 0.310 e. The zero-order valence-electron chi connectivity index (χ0n) is 13.9. The van der Waals surface area contributed by atoms with E-state index in [-0.39, 0.29) is 18.0 Å². The molecule has 0 heterocycles. The van der Waals surface area contributed by atoms with Crippen molar-refractivity contribution in [2.75, 3.05) is 7.11 Å². The van der Waals surface area contributed by atoms with Crippen LogP contribution in [0.3, 0.4) is 0 Å². The number of nitrogens with two attached hydrogens (primary N) is 1. The number of hydrogen-bond acceptors (Lipinski definition) is 5. The molecule has 0 bridgehead atoms. The average Bonchev–Trinajstić information content (AvgIpc) is 2.57. The summed E-state index contributed by atoms with van der Waals surface area (Å²) in [6, 6.07) is 9.93. The molecule has 7 nitrogen and oxygen atoms in total. The van der Waals surface area contributed by atoms with Crippen molar-refractivity contribution >= 4 is 17.7 Å². The molecule has 0 aliphatic carbocycles. The number of nitrogens with zero attached hydrogens (tertiary/aromatic N) is 1. The van der Waals surface area contributed by atoms with Gasteiger partial charge >= 0.3 is 5.69 Å². The fraction of sp³-hybridized carbons (Fsp3) is 0.167. The smallest absolute Gasteiger partial charge is 0.310 e. The van der Waals surface area contributed by atoms with E-state index in [2.05, 4.69) is 0 Å². The average molecular weight is 342 g/mol. The quantitative estimate of drug-likeness (QED) is 0.473. The van der Waals surface area contributed by atoms with Gasteiger partial charge in [0.15, 0.2) is 5.75 Å². The Morgan fingerprint density at radius 3 is 2.64 bits per heavy atom. The number of aryl methyl sites for hydroxylation is 1. The molecule has 0 saturated carbocycles. The molecule has 7 heteroatoms. The van der Waals surface area contributed by atoms with Gasteiger partial charge in [-0.2, -0.15) is 0 Å². The maximum absolute atomic E-state index is 11.1. The third kappa shape index (κ3) is 4.81. The van der Waals surface area contributed by atoms with Gasteiger partial charge in [-0.25, -0.2) is 0 Å². The lowest BCUT2D eigenvalue weighted by Gasteiger charge is -2.12. The highest BCUT2D eigenvalue weighted by molar-refractivity contribution is 5.90. The van der Waals surface area contributed by atoms with Crippen LogP contribution in [-0.4, -0.2) is 17.9 Å². The third-order valence-corrected chi connectivity index (χ3v) is 3.44. The highest BCUT2D eigenvalue weighted by Crippen LogP contribution is 2.30. The van der Waals surface area contributed by atoms with Gasteiger partial charge in [0.1, 0.15) is 12.4 Å². The van der Waals surface area contributed by atoms with Crippen LogP contribution in [0.5, 0.6) is 11.5 Å². The highest BCUT2D eigenvalue weighted by atomic mass is 16.6. The van der Waals surface area contributed by atoms with Gasteiger partial charge in [0, 0.05) is 17.7 Å². The van der Waals surface area contributed by atoms with Crippen molar-refractivity contribution in [1.29, 1.82) is 0 Å². The highest BCUT2D eigenvalue weighted by Gasteiger charge is 2.16. The number of hydrogen-bond donors (Lipinski definition) is 1. The molecule has 25 heavy (non-hydrogen) atoms. The molecule has 2 rings (SSSR count). The number of nitro groups is 1. The van der Waals surface area contributed by atoms with Crippen LogP contribution in [0.1, 0.15) is 16.7 Å². The van der Waals surface area contributed by atoms with Gasteiger partial charge in [-0.15, -0.1) is 0 Å². The van der Waals surface area contributed by atoms with E-state index < -0.39 is 10.8 Å². The second-order valence-corrected chi connectivity index (χ2v) is 5.32. The van der Waals surface area contributed by atoms with E-state index in [0.717, 1.165) is 11.1 Å². The minimum atomic E-state index is -0.552. The Balaban J connectivity index is 2.28. The monoisotopic (exact) mass is 342 g/mol. The molecule has 0 aromatic heterocycles. The molecule has 1 amide bonds. The Kier molecular flexibility index (Phi) is 5.73. The fourth-order valence-corrected chi connectivity index (χ4v) is 2.24. The summed E-state index contributed by atoms with van der Waals surface area (Å²) in [7, 11) is 1.52. The van der Waals surface area contributed by atoms with Crippen LogP contribution in [0.2, 0.25) is 0 Å². The Bertz CT molecular complexity index is 830. The summed E-state index contributed by atoms with van der Waals surface area (Å²) >= 11 is 0. The van der Waals surface area contributed by atoms with Crippen LogP contribution in [0.25, 0.3) is 6.08 Å². The molecule has 130 valence electrons. The molecule has 2 N–H and O–H groups in total. The van der Waals surface area contributed by atoms with Gasteiger partial charge in [-0.05, 0) is 42.3 Å². The number of methoxy groups -OCH3 is 1. The summed E-state index contributed by atoms with van der Waals surface area (Å²) in [4.78, 5) is 21.5. The van der Waals surface area contributed by atoms with Crippen molar-refractivity contribution in [3.63, 3.8) is 0 Å². The Labute approximate surface area is 144 Å². The Hall–Kier alpha value is -3.35. The Morgan fingerprint density at radius 2 is 2.00 bits per heavy atom. The molecule has 0 aliphatic heterocycles. The van der Waals surface area contributed by atoms with Gasteiger partial charge in [0.05, 0.1) is 12.0 Å². The van der Waals surface area contributed by atoms with Crippen molar-refractivity contribution in [3.8, 4) is 11.5 Å². The largest absolute Gasteiger partial charge is 0.496 e.